The maximum atomic E-state index is 12.6. The lowest BCUT2D eigenvalue weighted by Crippen LogP contribution is -2.06. The number of thiophene rings is 1. The van der Waals surface area contributed by atoms with Gasteiger partial charge >= 0.3 is 6.61 Å². The van der Waals surface area contributed by atoms with Gasteiger partial charge in [0.15, 0.2) is 5.78 Å². The molecule has 1 aliphatic carbocycles. The first kappa shape index (κ1) is 14.0. The molecule has 0 aliphatic heterocycles. The van der Waals surface area contributed by atoms with Crippen molar-refractivity contribution in [3.05, 3.63) is 45.8 Å². The fourth-order valence-electron chi connectivity index (χ4n) is 2.61. The van der Waals surface area contributed by atoms with Gasteiger partial charge in [0.1, 0.15) is 5.75 Å². The standard InChI is InChI=1S/C15H13F2NO2S/c16-15(17)20-9-6-4-8(5-7-9)13(19)12-10-2-1-3-11(10)21-14(12)18/h4-7,15H,1-3,18H2. The van der Waals surface area contributed by atoms with E-state index in [0.29, 0.717) is 16.1 Å². The van der Waals surface area contributed by atoms with E-state index in [9.17, 15) is 13.6 Å². The van der Waals surface area contributed by atoms with Crippen LogP contribution in [0.2, 0.25) is 0 Å². The summed E-state index contributed by atoms with van der Waals surface area (Å²) in [4.78, 5) is 13.7. The van der Waals surface area contributed by atoms with Crippen LogP contribution in [0.15, 0.2) is 24.3 Å². The molecule has 0 radical (unpaired) electrons. The monoisotopic (exact) mass is 309 g/mol. The van der Waals surface area contributed by atoms with Gasteiger partial charge in [0, 0.05) is 10.4 Å². The van der Waals surface area contributed by atoms with Crippen LogP contribution in [0.3, 0.4) is 0 Å². The Morgan fingerprint density at radius 1 is 1.24 bits per heavy atom. The van der Waals surface area contributed by atoms with Crippen LogP contribution >= 0.6 is 11.3 Å². The van der Waals surface area contributed by atoms with Crippen LogP contribution in [-0.2, 0) is 12.8 Å². The largest absolute Gasteiger partial charge is 0.435 e. The molecule has 2 aromatic rings. The van der Waals surface area contributed by atoms with Crippen molar-refractivity contribution in [1.29, 1.82) is 0 Å². The number of anilines is 1. The Labute approximate surface area is 124 Å². The first-order valence-corrected chi connectivity index (χ1v) is 7.37. The van der Waals surface area contributed by atoms with Crippen LogP contribution in [0.4, 0.5) is 13.8 Å². The highest BCUT2D eigenvalue weighted by atomic mass is 32.1. The van der Waals surface area contributed by atoms with Gasteiger partial charge in [-0.25, -0.2) is 0 Å². The lowest BCUT2D eigenvalue weighted by atomic mass is 10.0. The molecule has 21 heavy (non-hydrogen) atoms. The molecule has 1 aromatic heterocycles. The van der Waals surface area contributed by atoms with Crippen LogP contribution in [0.25, 0.3) is 0 Å². The van der Waals surface area contributed by atoms with Crippen LogP contribution in [0, 0.1) is 0 Å². The van der Waals surface area contributed by atoms with Crippen LogP contribution in [0.1, 0.15) is 32.8 Å². The van der Waals surface area contributed by atoms with E-state index in [2.05, 4.69) is 4.74 Å². The lowest BCUT2D eigenvalue weighted by molar-refractivity contribution is -0.0498. The van der Waals surface area contributed by atoms with Gasteiger partial charge in [0.25, 0.3) is 0 Å². The maximum Gasteiger partial charge on any atom is 0.387 e. The van der Waals surface area contributed by atoms with Crippen LogP contribution < -0.4 is 10.5 Å². The molecule has 0 atom stereocenters. The minimum Gasteiger partial charge on any atom is -0.435 e. The molecule has 110 valence electrons. The molecule has 0 saturated carbocycles. The second-order valence-corrected chi connectivity index (χ2v) is 5.97. The van der Waals surface area contributed by atoms with Crippen molar-refractivity contribution >= 4 is 22.1 Å². The predicted octanol–water partition coefficient (Wildman–Crippen LogP) is 3.65. The van der Waals surface area contributed by atoms with Gasteiger partial charge in [0.2, 0.25) is 0 Å². The zero-order valence-corrected chi connectivity index (χ0v) is 11.9. The molecule has 0 amide bonds. The molecule has 0 bridgehead atoms. The van der Waals surface area contributed by atoms with E-state index in [-0.39, 0.29) is 11.5 Å². The Morgan fingerprint density at radius 3 is 2.62 bits per heavy atom. The molecular formula is C15H13F2NO2S. The highest BCUT2D eigenvalue weighted by Crippen LogP contribution is 2.38. The van der Waals surface area contributed by atoms with Crippen molar-refractivity contribution in [3.8, 4) is 5.75 Å². The zero-order chi connectivity index (χ0) is 15.0. The normalized spacial score (nSPS) is 13.5. The molecule has 6 heteroatoms. The Morgan fingerprint density at radius 2 is 1.95 bits per heavy atom. The van der Waals surface area contributed by atoms with E-state index in [0.717, 1.165) is 24.8 Å². The second kappa shape index (κ2) is 5.44. The number of rotatable bonds is 4. The quantitative estimate of drug-likeness (QED) is 0.877. The van der Waals surface area contributed by atoms with Crippen molar-refractivity contribution in [2.24, 2.45) is 0 Å². The van der Waals surface area contributed by atoms with E-state index in [1.807, 2.05) is 0 Å². The van der Waals surface area contributed by atoms with Gasteiger partial charge in [-0.15, -0.1) is 11.3 Å². The summed E-state index contributed by atoms with van der Waals surface area (Å²) >= 11 is 1.47. The number of hydrogen-bond acceptors (Lipinski definition) is 4. The first-order valence-electron chi connectivity index (χ1n) is 6.56. The Hall–Kier alpha value is -1.95. The van der Waals surface area contributed by atoms with E-state index in [4.69, 9.17) is 5.73 Å². The second-order valence-electron chi connectivity index (χ2n) is 4.83. The summed E-state index contributed by atoms with van der Waals surface area (Å²) in [6.45, 7) is -2.87. The molecule has 1 aliphatic rings. The average Bonchev–Trinajstić information content (AvgIpc) is 2.98. The molecule has 3 rings (SSSR count). The third-order valence-electron chi connectivity index (χ3n) is 3.52. The van der Waals surface area contributed by atoms with Gasteiger partial charge in [-0.2, -0.15) is 8.78 Å². The number of ketones is 1. The first-order chi connectivity index (χ1) is 10.1. The van der Waals surface area contributed by atoms with Crippen molar-refractivity contribution in [1.82, 2.24) is 0 Å². The molecule has 2 N–H and O–H groups in total. The van der Waals surface area contributed by atoms with Gasteiger partial charge in [-0.05, 0) is 49.1 Å². The molecule has 1 aromatic carbocycles. The highest BCUT2D eigenvalue weighted by Gasteiger charge is 2.25. The Balaban J connectivity index is 1.89. The molecule has 1 heterocycles. The van der Waals surface area contributed by atoms with Gasteiger partial charge in [-0.3, -0.25) is 4.79 Å². The lowest BCUT2D eigenvalue weighted by Gasteiger charge is -2.06. The molecule has 0 saturated heterocycles. The summed E-state index contributed by atoms with van der Waals surface area (Å²) in [6, 6.07) is 5.70. The Kier molecular flexibility index (Phi) is 3.63. The number of hydrogen-bond donors (Lipinski definition) is 1. The predicted molar refractivity (Wildman–Crippen MR) is 77.3 cm³/mol. The number of halogens is 2. The summed E-state index contributed by atoms with van der Waals surface area (Å²) in [5.74, 6) is -0.124. The van der Waals surface area contributed by atoms with Gasteiger partial charge < -0.3 is 10.5 Å². The minimum atomic E-state index is -2.87. The number of aryl methyl sites for hydroxylation is 1. The van der Waals surface area contributed by atoms with E-state index in [1.165, 1.54) is 40.5 Å². The highest BCUT2D eigenvalue weighted by molar-refractivity contribution is 7.16. The SMILES string of the molecule is Nc1sc2c(c1C(=O)c1ccc(OC(F)F)cc1)CCC2. The van der Waals surface area contributed by atoms with E-state index >= 15 is 0 Å². The molecular weight excluding hydrogens is 296 g/mol. The number of carbonyl (C=O) groups excluding carboxylic acids is 1. The molecule has 0 unspecified atom stereocenters. The number of benzene rings is 1. The van der Waals surface area contributed by atoms with Crippen LogP contribution in [-0.4, -0.2) is 12.4 Å². The summed E-state index contributed by atoms with van der Waals surface area (Å²) < 4.78 is 28.5. The molecule has 0 spiro atoms. The van der Waals surface area contributed by atoms with E-state index in [1.54, 1.807) is 0 Å². The number of nitrogen functional groups attached to an aromatic ring is 1. The minimum absolute atomic E-state index is 0.0325. The van der Waals surface area contributed by atoms with Crippen molar-refractivity contribution in [2.45, 2.75) is 25.9 Å². The topological polar surface area (TPSA) is 52.3 Å². The van der Waals surface area contributed by atoms with Crippen molar-refractivity contribution in [3.63, 3.8) is 0 Å². The van der Waals surface area contributed by atoms with Crippen LogP contribution in [0.5, 0.6) is 5.75 Å². The van der Waals surface area contributed by atoms with Gasteiger partial charge in [0.05, 0.1) is 10.6 Å². The summed E-state index contributed by atoms with van der Waals surface area (Å²) in [5, 5.41) is 0.539. The fourth-order valence-corrected chi connectivity index (χ4v) is 3.76. The third-order valence-corrected chi connectivity index (χ3v) is 4.64. The summed E-state index contributed by atoms with van der Waals surface area (Å²) in [5.41, 5.74) is 8.02. The van der Waals surface area contributed by atoms with E-state index < -0.39 is 6.61 Å². The number of fused-ring (bicyclic) bond motifs is 1. The fraction of sp³-hybridized carbons (Fsp3) is 0.267. The maximum absolute atomic E-state index is 12.6. The number of nitrogens with two attached hydrogens (primary N) is 1. The molecule has 0 fully saturated rings. The average molecular weight is 309 g/mol. The summed E-state index contributed by atoms with van der Waals surface area (Å²) in [7, 11) is 0. The molecule has 3 nitrogen and oxygen atoms in total. The number of ether oxygens (including phenoxy) is 1. The number of alkyl halides is 2. The van der Waals surface area contributed by atoms with Crippen molar-refractivity contribution in [2.75, 3.05) is 5.73 Å². The third kappa shape index (κ3) is 2.63. The van der Waals surface area contributed by atoms with Gasteiger partial charge in [-0.1, -0.05) is 0 Å². The Bertz CT molecular complexity index is 680. The summed E-state index contributed by atoms with van der Waals surface area (Å²) in [6.07, 6.45) is 2.89. The number of carbonyl (C=O) groups is 1. The van der Waals surface area contributed by atoms with Crippen molar-refractivity contribution < 1.29 is 18.3 Å². The smallest absolute Gasteiger partial charge is 0.387 e. The zero-order valence-electron chi connectivity index (χ0n) is 11.1.